The molecule has 0 aliphatic carbocycles. The van der Waals surface area contributed by atoms with Crippen LogP contribution in [0.3, 0.4) is 0 Å². The topological polar surface area (TPSA) is 51.5 Å². The molecule has 0 aliphatic rings. The largest absolute Gasteiger partial charge is 0.470 e. The molecular formula is C14H13FN4O. The summed E-state index contributed by atoms with van der Waals surface area (Å²) in [6.45, 7) is 0.107. The van der Waals surface area contributed by atoms with E-state index in [0.717, 1.165) is 0 Å². The zero-order chi connectivity index (χ0) is 13.9. The Morgan fingerprint density at radius 3 is 3.00 bits per heavy atom. The first-order valence-corrected chi connectivity index (χ1v) is 6.15. The summed E-state index contributed by atoms with van der Waals surface area (Å²) >= 11 is 0. The van der Waals surface area contributed by atoms with Gasteiger partial charge in [-0.3, -0.25) is 4.40 Å². The van der Waals surface area contributed by atoms with Crippen LogP contribution in [0.1, 0.15) is 5.56 Å². The van der Waals surface area contributed by atoms with Gasteiger partial charge in [-0.1, -0.05) is 18.2 Å². The summed E-state index contributed by atoms with van der Waals surface area (Å²) in [5.74, 6) is 0.723. The Balaban J connectivity index is 1.90. The fourth-order valence-electron chi connectivity index (χ4n) is 1.88. The third-order valence-electron chi connectivity index (χ3n) is 2.92. The molecule has 2 heterocycles. The Morgan fingerprint density at radius 2 is 2.20 bits per heavy atom. The van der Waals surface area contributed by atoms with Gasteiger partial charge in [-0.25, -0.2) is 9.37 Å². The van der Waals surface area contributed by atoms with Gasteiger partial charge in [0.25, 0.3) is 5.88 Å². The van der Waals surface area contributed by atoms with Crippen molar-refractivity contribution in [3.05, 3.63) is 54.2 Å². The summed E-state index contributed by atoms with van der Waals surface area (Å²) in [5, 5.41) is 2.95. The minimum absolute atomic E-state index is 0.107. The number of imidazole rings is 1. The Bertz CT molecular complexity index is 741. The van der Waals surface area contributed by atoms with Crippen LogP contribution in [0.4, 0.5) is 10.2 Å². The number of halogens is 1. The second-order valence-corrected chi connectivity index (χ2v) is 4.22. The second-order valence-electron chi connectivity index (χ2n) is 4.22. The Labute approximate surface area is 115 Å². The summed E-state index contributed by atoms with van der Waals surface area (Å²) in [7, 11) is 1.77. The van der Waals surface area contributed by atoms with Gasteiger partial charge in [0.1, 0.15) is 18.2 Å². The number of hydrogen-bond donors (Lipinski definition) is 1. The van der Waals surface area contributed by atoms with Crippen molar-refractivity contribution in [1.29, 1.82) is 0 Å². The Kier molecular flexibility index (Phi) is 3.20. The first-order valence-electron chi connectivity index (χ1n) is 6.15. The van der Waals surface area contributed by atoms with Crippen LogP contribution in [0.25, 0.3) is 5.65 Å². The molecule has 5 nitrogen and oxygen atoms in total. The molecule has 6 heteroatoms. The van der Waals surface area contributed by atoms with E-state index in [1.54, 1.807) is 48.2 Å². The minimum Gasteiger partial charge on any atom is -0.470 e. The number of nitrogens with one attached hydrogen (secondary N) is 1. The third-order valence-corrected chi connectivity index (χ3v) is 2.92. The standard InChI is InChI=1S/C14H13FN4O/c1-16-12-8-19-7-6-17-13(19)14(18-12)20-9-10-4-2-3-5-11(10)15/h2-8,16H,9H2,1H3. The second kappa shape index (κ2) is 5.16. The number of ether oxygens (including phenoxy) is 1. The van der Waals surface area contributed by atoms with E-state index >= 15 is 0 Å². The van der Waals surface area contributed by atoms with E-state index in [2.05, 4.69) is 15.3 Å². The highest BCUT2D eigenvalue weighted by molar-refractivity contribution is 5.53. The smallest absolute Gasteiger partial charge is 0.260 e. The molecule has 0 radical (unpaired) electrons. The van der Waals surface area contributed by atoms with E-state index in [4.69, 9.17) is 4.74 Å². The molecule has 0 saturated heterocycles. The maximum Gasteiger partial charge on any atom is 0.260 e. The predicted octanol–water partition coefficient (Wildman–Crippen LogP) is 2.49. The van der Waals surface area contributed by atoms with Crippen molar-refractivity contribution in [1.82, 2.24) is 14.4 Å². The van der Waals surface area contributed by atoms with E-state index in [1.165, 1.54) is 6.07 Å². The first-order chi connectivity index (χ1) is 9.78. The van der Waals surface area contributed by atoms with Gasteiger partial charge in [0.2, 0.25) is 5.65 Å². The summed E-state index contributed by atoms with van der Waals surface area (Å²) in [4.78, 5) is 8.48. The molecule has 0 atom stereocenters. The SMILES string of the molecule is CNc1cn2ccnc2c(OCc2ccccc2F)n1. The lowest BCUT2D eigenvalue weighted by molar-refractivity contribution is 0.290. The van der Waals surface area contributed by atoms with Crippen LogP contribution in [0, 0.1) is 5.82 Å². The highest BCUT2D eigenvalue weighted by Crippen LogP contribution is 2.20. The van der Waals surface area contributed by atoms with Crippen LogP contribution >= 0.6 is 0 Å². The zero-order valence-corrected chi connectivity index (χ0v) is 10.9. The molecule has 0 amide bonds. The number of aromatic nitrogens is 3. The maximum atomic E-state index is 13.6. The number of fused-ring (bicyclic) bond motifs is 1. The number of anilines is 1. The minimum atomic E-state index is -0.295. The van der Waals surface area contributed by atoms with E-state index in [9.17, 15) is 4.39 Å². The van der Waals surface area contributed by atoms with Crippen LogP contribution in [-0.2, 0) is 6.61 Å². The highest BCUT2D eigenvalue weighted by Gasteiger charge is 2.09. The van der Waals surface area contributed by atoms with Crippen LogP contribution < -0.4 is 10.1 Å². The zero-order valence-electron chi connectivity index (χ0n) is 10.9. The lowest BCUT2D eigenvalue weighted by atomic mass is 10.2. The average molecular weight is 272 g/mol. The summed E-state index contributed by atoms with van der Waals surface area (Å²) in [6, 6.07) is 6.50. The van der Waals surface area contributed by atoms with Gasteiger partial charge in [0, 0.05) is 25.0 Å². The number of benzene rings is 1. The predicted molar refractivity (Wildman–Crippen MR) is 73.3 cm³/mol. The summed E-state index contributed by atoms with van der Waals surface area (Å²) in [5.41, 5.74) is 1.08. The van der Waals surface area contributed by atoms with Gasteiger partial charge in [0.05, 0.1) is 6.20 Å². The van der Waals surface area contributed by atoms with Crippen molar-refractivity contribution in [2.24, 2.45) is 0 Å². The van der Waals surface area contributed by atoms with Crippen LogP contribution in [0.15, 0.2) is 42.9 Å². The van der Waals surface area contributed by atoms with Gasteiger partial charge in [0.15, 0.2) is 0 Å². The number of rotatable bonds is 4. The molecule has 2 aromatic heterocycles. The van der Waals surface area contributed by atoms with Crippen molar-refractivity contribution in [3.63, 3.8) is 0 Å². The molecule has 0 spiro atoms. The first kappa shape index (κ1) is 12.4. The van der Waals surface area contributed by atoms with E-state index in [0.29, 0.717) is 22.9 Å². The molecule has 0 aliphatic heterocycles. The van der Waals surface area contributed by atoms with Crippen molar-refractivity contribution >= 4 is 11.5 Å². The molecule has 0 saturated carbocycles. The molecular weight excluding hydrogens is 259 g/mol. The Morgan fingerprint density at radius 1 is 1.35 bits per heavy atom. The van der Waals surface area contributed by atoms with Crippen molar-refractivity contribution < 1.29 is 9.13 Å². The van der Waals surface area contributed by atoms with Gasteiger partial charge in [-0.2, -0.15) is 4.98 Å². The van der Waals surface area contributed by atoms with Gasteiger partial charge in [-0.05, 0) is 6.07 Å². The molecule has 0 fully saturated rings. The van der Waals surface area contributed by atoms with Crippen molar-refractivity contribution in [2.75, 3.05) is 12.4 Å². The van der Waals surface area contributed by atoms with Crippen LogP contribution in [0.2, 0.25) is 0 Å². The van der Waals surface area contributed by atoms with E-state index in [1.807, 2.05) is 0 Å². The maximum absolute atomic E-state index is 13.6. The fraction of sp³-hybridized carbons (Fsp3) is 0.143. The van der Waals surface area contributed by atoms with E-state index in [-0.39, 0.29) is 12.4 Å². The molecule has 1 aromatic carbocycles. The number of nitrogens with zero attached hydrogens (tertiary/aromatic N) is 3. The lowest BCUT2D eigenvalue weighted by Crippen LogP contribution is -2.04. The average Bonchev–Trinajstić information content (AvgIpc) is 2.94. The molecule has 0 unspecified atom stereocenters. The summed E-state index contributed by atoms with van der Waals surface area (Å²) in [6.07, 6.45) is 5.26. The van der Waals surface area contributed by atoms with Crippen LogP contribution in [-0.4, -0.2) is 21.4 Å². The van der Waals surface area contributed by atoms with E-state index < -0.39 is 0 Å². The monoisotopic (exact) mass is 272 g/mol. The highest BCUT2D eigenvalue weighted by atomic mass is 19.1. The molecule has 20 heavy (non-hydrogen) atoms. The summed E-state index contributed by atoms with van der Waals surface area (Å²) < 4.78 is 21.0. The van der Waals surface area contributed by atoms with Gasteiger partial charge >= 0.3 is 0 Å². The van der Waals surface area contributed by atoms with Crippen molar-refractivity contribution in [3.8, 4) is 5.88 Å². The van der Waals surface area contributed by atoms with Gasteiger partial charge in [-0.15, -0.1) is 0 Å². The quantitative estimate of drug-likeness (QED) is 0.792. The molecule has 0 bridgehead atoms. The molecule has 1 N–H and O–H groups in total. The number of hydrogen-bond acceptors (Lipinski definition) is 4. The van der Waals surface area contributed by atoms with Gasteiger partial charge < -0.3 is 10.1 Å². The molecule has 102 valence electrons. The fourth-order valence-corrected chi connectivity index (χ4v) is 1.88. The normalized spacial score (nSPS) is 10.7. The van der Waals surface area contributed by atoms with Crippen molar-refractivity contribution in [2.45, 2.75) is 6.61 Å². The Hall–Kier alpha value is -2.63. The molecule has 3 aromatic rings. The molecule has 3 rings (SSSR count). The lowest BCUT2D eigenvalue weighted by Gasteiger charge is -2.09. The third kappa shape index (κ3) is 2.27. The van der Waals surface area contributed by atoms with Crippen LogP contribution in [0.5, 0.6) is 5.88 Å².